The standard InChI is InChI=1S/C15H22N2O4S/c1-9-10(2)22-14(13(9)15(20)21-3)16-12(19)8-17-6-4-11(18)5-7-17/h11,18H,4-8H2,1-3H3,(H,16,19). The molecule has 0 aromatic carbocycles. The zero-order valence-corrected chi connectivity index (χ0v) is 14.0. The van der Waals surface area contributed by atoms with Crippen molar-refractivity contribution in [3.63, 3.8) is 0 Å². The van der Waals surface area contributed by atoms with E-state index < -0.39 is 5.97 Å². The highest BCUT2D eigenvalue weighted by molar-refractivity contribution is 7.16. The van der Waals surface area contributed by atoms with E-state index in [1.807, 2.05) is 18.7 Å². The average molecular weight is 326 g/mol. The summed E-state index contributed by atoms with van der Waals surface area (Å²) >= 11 is 1.38. The van der Waals surface area contributed by atoms with E-state index in [9.17, 15) is 14.7 Å². The Kier molecular flexibility index (Phi) is 5.55. The molecule has 0 bridgehead atoms. The van der Waals surface area contributed by atoms with Gasteiger partial charge in [-0.15, -0.1) is 11.3 Å². The van der Waals surface area contributed by atoms with Crippen molar-refractivity contribution < 1.29 is 19.4 Å². The largest absolute Gasteiger partial charge is 0.465 e. The van der Waals surface area contributed by atoms with Gasteiger partial charge in [0.15, 0.2) is 0 Å². The van der Waals surface area contributed by atoms with Crippen LogP contribution in [0.3, 0.4) is 0 Å². The second kappa shape index (κ2) is 7.21. The van der Waals surface area contributed by atoms with Gasteiger partial charge in [-0.25, -0.2) is 4.79 Å². The van der Waals surface area contributed by atoms with Gasteiger partial charge in [0.1, 0.15) is 5.00 Å². The molecule has 22 heavy (non-hydrogen) atoms. The molecule has 0 saturated carbocycles. The summed E-state index contributed by atoms with van der Waals surface area (Å²) in [6.07, 6.45) is 1.13. The van der Waals surface area contributed by atoms with Crippen LogP contribution in [0.2, 0.25) is 0 Å². The number of aliphatic hydroxyl groups is 1. The molecule has 7 heteroatoms. The number of aliphatic hydroxyl groups excluding tert-OH is 1. The maximum absolute atomic E-state index is 12.2. The maximum Gasteiger partial charge on any atom is 0.341 e. The van der Waals surface area contributed by atoms with Crippen LogP contribution in [0.4, 0.5) is 5.00 Å². The molecule has 2 N–H and O–H groups in total. The highest BCUT2D eigenvalue weighted by Gasteiger charge is 2.23. The van der Waals surface area contributed by atoms with E-state index in [0.29, 0.717) is 36.5 Å². The van der Waals surface area contributed by atoms with Gasteiger partial charge in [-0.1, -0.05) is 0 Å². The maximum atomic E-state index is 12.2. The Balaban J connectivity index is 2.02. The molecule has 1 amide bonds. The van der Waals surface area contributed by atoms with Crippen LogP contribution in [-0.4, -0.2) is 54.7 Å². The SMILES string of the molecule is COC(=O)c1c(NC(=O)CN2CCC(O)CC2)sc(C)c1C. The molecule has 2 rings (SSSR count). The number of hydrogen-bond donors (Lipinski definition) is 2. The van der Waals surface area contributed by atoms with Gasteiger partial charge in [-0.2, -0.15) is 0 Å². The fourth-order valence-corrected chi connectivity index (χ4v) is 3.57. The lowest BCUT2D eigenvalue weighted by molar-refractivity contribution is -0.117. The molecule has 0 spiro atoms. The number of anilines is 1. The number of ether oxygens (including phenoxy) is 1. The molecule has 2 heterocycles. The van der Waals surface area contributed by atoms with Gasteiger partial charge in [0.05, 0.1) is 25.3 Å². The van der Waals surface area contributed by atoms with Crippen LogP contribution in [0, 0.1) is 13.8 Å². The molecule has 1 aromatic rings. The Bertz CT molecular complexity index is 562. The molecule has 122 valence electrons. The molecule has 6 nitrogen and oxygen atoms in total. The first-order valence-corrected chi connectivity index (χ1v) is 8.12. The van der Waals surface area contributed by atoms with Gasteiger partial charge in [0.2, 0.25) is 5.91 Å². The Labute approximate surface area is 134 Å². The van der Waals surface area contributed by atoms with Gasteiger partial charge in [0, 0.05) is 18.0 Å². The summed E-state index contributed by atoms with van der Waals surface area (Å²) in [5.74, 6) is -0.582. The van der Waals surface area contributed by atoms with E-state index in [0.717, 1.165) is 10.4 Å². The number of esters is 1. The number of likely N-dealkylation sites (tertiary alicyclic amines) is 1. The first kappa shape index (κ1) is 16.9. The topological polar surface area (TPSA) is 78.9 Å². The third-order valence-electron chi connectivity index (χ3n) is 3.95. The second-order valence-electron chi connectivity index (χ2n) is 5.53. The summed E-state index contributed by atoms with van der Waals surface area (Å²) in [4.78, 5) is 27.0. The third kappa shape index (κ3) is 3.85. The predicted molar refractivity (Wildman–Crippen MR) is 85.4 cm³/mol. The van der Waals surface area contributed by atoms with Crippen molar-refractivity contribution in [1.29, 1.82) is 0 Å². The number of piperidine rings is 1. The van der Waals surface area contributed by atoms with Gasteiger partial charge in [-0.3, -0.25) is 9.69 Å². The molecule has 0 unspecified atom stereocenters. The van der Waals surface area contributed by atoms with E-state index in [1.165, 1.54) is 18.4 Å². The van der Waals surface area contributed by atoms with Crippen LogP contribution in [-0.2, 0) is 9.53 Å². The zero-order valence-electron chi connectivity index (χ0n) is 13.1. The summed E-state index contributed by atoms with van der Waals surface area (Å²) in [6.45, 7) is 5.44. The van der Waals surface area contributed by atoms with E-state index >= 15 is 0 Å². The Morgan fingerprint density at radius 2 is 2.00 bits per heavy atom. The van der Waals surface area contributed by atoms with E-state index in [-0.39, 0.29) is 18.6 Å². The lowest BCUT2D eigenvalue weighted by Gasteiger charge is -2.28. The lowest BCUT2D eigenvalue weighted by Crippen LogP contribution is -2.40. The molecule has 1 aromatic heterocycles. The van der Waals surface area contributed by atoms with Crippen LogP contribution in [0.15, 0.2) is 0 Å². The van der Waals surface area contributed by atoms with Crippen molar-refractivity contribution in [2.45, 2.75) is 32.8 Å². The Morgan fingerprint density at radius 1 is 1.36 bits per heavy atom. The van der Waals surface area contributed by atoms with Gasteiger partial charge in [0.25, 0.3) is 0 Å². The van der Waals surface area contributed by atoms with E-state index in [4.69, 9.17) is 4.74 Å². The Hall–Kier alpha value is -1.44. The smallest absolute Gasteiger partial charge is 0.341 e. The van der Waals surface area contributed by atoms with Gasteiger partial charge in [-0.05, 0) is 32.3 Å². The summed E-state index contributed by atoms with van der Waals surface area (Å²) in [7, 11) is 1.33. The van der Waals surface area contributed by atoms with E-state index in [2.05, 4.69) is 5.32 Å². The monoisotopic (exact) mass is 326 g/mol. The highest BCUT2D eigenvalue weighted by atomic mass is 32.1. The minimum atomic E-state index is -0.432. The quantitative estimate of drug-likeness (QED) is 0.821. The first-order valence-electron chi connectivity index (χ1n) is 7.31. The average Bonchev–Trinajstić information content (AvgIpc) is 2.75. The molecule has 0 atom stereocenters. The van der Waals surface area contributed by atoms with Crippen LogP contribution in [0.25, 0.3) is 0 Å². The zero-order chi connectivity index (χ0) is 16.3. The molecular weight excluding hydrogens is 304 g/mol. The molecule has 1 saturated heterocycles. The Morgan fingerprint density at radius 3 is 2.59 bits per heavy atom. The van der Waals surface area contributed by atoms with Crippen molar-refractivity contribution in [2.75, 3.05) is 32.1 Å². The third-order valence-corrected chi connectivity index (χ3v) is 5.07. The number of hydrogen-bond acceptors (Lipinski definition) is 6. The van der Waals surface area contributed by atoms with Gasteiger partial charge >= 0.3 is 5.97 Å². The van der Waals surface area contributed by atoms with Crippen molar-refractivity contribution in [2.24, 2.45) is 0 Å². The summed E-state index contributed by atoms with van der Waals surface area (Å²) < 4.78 is 4.79. The molecule has 0 radical (unpaired) electrons. The summed E-state index contributed by atoms with van der Waals surface area (Å²) in [6, 6.07) is 0. The number of carbonyl (C=O) groups excluding carboxylic acids is 2. The lowest BCUT2D eigenvalue weighted by atomic mass is 10.1. The summed E-state index contributed by atoms with van der Waals surface area (Å²) in [5, 5.41) is 12.8. The highest BCUT2D eigenvalue weighted by Crippen LogP contribution is 2.32. The number of carbonyl (C=O) groups is 2. The fraction of sp³-hybridized carbons (Fsp3) is 0.600. The molecule has 1 aliphatic rings. The minimum absolute atomic E-state index is 0.150. The first-order chi connectivity index (χ1) is 10.4. The van der Waals surface area contributed by atoms with Crippen molar-refractivity contribution in [3.8, 4) is 0 Å². The molecule has 1 aliphatic heterocycles. The number of thiophene rings is 1. The van der Waals surface area contributed by atoms with Crippen molar-refractivity contribution in [1.82, 2.24) is 4.90 Å². The number of methoxy groups -OCH3 is 1. The van der Waals surface area contributed by atoms with Crippen LogP contribution in [0.1, 0.15) is 33.6 Å². The number of amides is 1. The number of nitrogens with zero attached hydrogens (tertiary/aromatic N) is 1. The van der Waals surface area contributed by atoms with Crippen LogP contribution in [0.5, 0.6) is 0 Å². The number of aryl methyl sites for hydroxylation is 1. The van der Waals surface area contributed by atoms with Gasteiger partial charge < -0.3 is 15.2 Å². The summed E-state index contributed by atoms with van der Waals surface area (Å²) in [5.41, 5.74) is 1.28. The fourth-order valence-electron chi connectivity index (χ4n) is 2.51. The normalized spacial score (nSPS) is 16.5. The molecule has 1 fully saturated rings. The van der Waals surface area contributed by atoms with Crippen molar-refractivity contribution in [3.05, 3.63) is 16.0 Å². The second-order valence-corrected chi connectivity index (χ2v) is 6.76. The van der Waals surface area contributed by atoms with Crippen molar-refractivity contribution >= 4 is 28.2 Å². The van der Waals surface area contributed by atoms with Crippen LogP contribution < -0.4 is 5.32 Å². The minimum Gasteiger partial charge on any atom is -0.465 e. The number of rotatable bonds is 4. The number of nitrogens with one attached hydrogen (secondary N) is 1. The molecule has 0 aliphatic carbocycles. The predicted octanol–water partition coefficient (Wildman–Crippen LogP) is 1.55. The molecular formula is C15H22N2O4S. The van der Waals surface area contributed by atoms with E-state index in [1.54, 1.807) is 0 Å². The van der Waals surface area contributed by atoms with Crippen LogP contribution >= 0.6 is 11.3 Å².